The third-order valence-corrected chi connectivity index (χ3v) is 4.62. The van der Waals surface area contributed by atoms with Crippen LogP contribution in [0.15, 0.2) is 12.1 Å². The van der Waals surface area contributed by atoms with Crippen molar-refractivity contribution in [1.82, 2.24) is 20.2 Å². The summed E-state index contributed by atoms with van der Waals surface area (Å²) in [7, 11) is 0. The molecule has 3 N–H and O–H groups in total. The van der Waals surface area contributed by atoms with Gasteiger partial charge >= 0.3 is 0 Å². The number of unbranched alkanes of at least 4 members (excludes halogenated alkanes) is 2. The number of carbonyl (C=O) groups is 1. The Labute approximate surface area is 146 Å². The van der Waals surface area contributed by atoms with Gasteiger partial charge in [-0.1, -0.05) is 31.1 Å². The molecule has 6 nitrogen and oxygen atoms in total. The Balaban J connectivity index is 1.79. The molecule has 0 aliphatic rings. The number of rotatable bonds is 6. The minimum Gasteiger partial charge on any atom is -0.331 e. The van der Waals surface area contributed by atoms with Gasteiger partial charge in [0.1, 0.15) is 10.8 Å². The molecule has 0 aliphatic heterocycles. The van der Waals surface area contributed by atoms with Gasteiger partial charge in [0.2, 0.25) is 5.13 Å². The molecule has 3 rings (SSSR count). The number of fused-ring (bicyclic) bond motifs is 1. The SMILES string of the molecule is CCCCCc1nnc(NC(=O)c2cc(F)cc3[nH]c(=S)[nH]c23)s1. The van der Waals surface area contributed by atoms with Crippen LogP contribution in [-0.4, -0.2) is 26.1 Å². The number of halogens is 1. The zero-order chi connectivity index (χ0) is 17.1. The smallest absolute Gasteiger partial charge is 0.259 e. The van der Waals surface area contributed by atoms with Crippen molar-refractivity contribution in [1.29, 1.82) is 0 Å². The monoisotopic (exact) mass is 365 g/mol. The van der Waals surface area contributed by atoms with E-state index in [-0.39, 0.29) is 5.56 Å². The van der Waals surface area contributed by atoms with Gasteiger partial charge in [-0.15, -0.1) is 10.2 Å². The molecular formula is C15H16FN5OS2. The number of nitrogens with one attached hydrogen (secondary N) is 3. The van der Waals surface area contributed by atoms with Gasteiger partial charge in [-0.3, -0.25) is 10.1 Å². The second-order valence-corrected chi connectivity index (χ2v) is 6.84. The predicted molar refractivity (Wildman–Crippen MR) is 94.5 cm³/mol. The minimum absolute atomic E-state index is 0.167. The van der Waals surface area contributed by atoms with Crippen LogP contribution in [0.3, 0.4) is 0 Å². The highest BCUT2D eigenvalue weighted by Gasteiger charge is 2.16. The average Bonchev–Trinajstić information content (AvgIpc) is 3.12. The maximum absolute atomic E-state index is 13.7. The molecule has 0 spiro atoms. The van der Waals surface area contributed by atoms with Crippen LogP contribution < -0.4 is 5.32 Å². The molecule has 0 fully saturated rings. The van der Waals surface area contributed by atoms with E-state index in [1.807, 2.05) is 0 Å². The van der Waals surface area contributed by atoms with E-state index in [4.69, 9.17) is 12.2 Å². The van der Waals surface area contributed by atoms with E-state index >= 15 is 0 Å². The number of imidazole rings is 1. The lowest BCUT2D eigenvalue weighted by Gasteiger charge is -2.03. The van der Waals surface area contributed by atoms with E-state index in [2.05, 4.69) is 32.4 Å². The fourth-order valence-electron chi connectivity index (χ4n) is 2.38. The number of hydrogen-bond acceptors (Lipinski definition) is 5. The van der Waals surface area contributed by atoms with Gasteiger partial charge in [0.25, 0.3) is 5.91 Å². The van der Waals surface area contributed by atoms with Crippen molar-refractivity contribution in [2.45, 2.75) is 32.6 Å². The third kappa shape index (κ3) is 3.68. The van der Waals surface area contributed by atoms with Crippen LogP contribution in [0.4, 0.5) is 9.52 Å². The molecule has 0 aliphatic carbocycles. The third-order valence-electron chi connectivity index (χ3n) is 3.52. The van der Waals surface area contributed by atoms with Crippen molar-refractivity contribution in [2.75, 3.05) is 5.32 Å². The van der Waals surface area contributed by atoms with Gasteiger partial charge in [0.15, 0.2) is 4.77 Å². The summed E-state index contributed by atoms with van der Waals surface area (Å²) in [5.41, 5.74) is 1.08. The molecule has 126 valence electrons. The Hall–Kier alpha value is -2.13. The lowest BCUT2D eigenvalue weighted by molar-refractivity contribution is 0.102. The number of nitrogens with zero attached hydrogens (tertiary/aromatic N) is 2. The van der Waals surface area contributed by atoms with E-state index in [1.54, 1.807) is 0 Å². The summed E-state index contributed by atoms with van der Waals surface area (Å²) >= 11 is 6.33. The first-order valence-corrected chi connectivity index (χ1v) is 8.84. The van der Waals surface area contributed by atoms with Crippen molar-refractivity contribution in [3.8, 4) is 0 Å². The van der Waals surface area contributed by atoms with Crippen LogP contribution in [0.2, 0.25) is 0 Å². The van der Waals surface area contributed by atoms with Crippen LogP contribution in [0.1, 0.15) is 41.6 Å². The Morgan fingerprint density at radius 2 is 2.17 bits per heavy atom. The van der Waals surface area contributed by atoms with Gasteiger partial charge in [-0.05, 0) is 30.8 Å². The molecule has 0 bridgehead atoms. The van der Waals surface area contributed by atoms with Crippen LogP contribution in [-0.2, 0) is 6.42 Å². The van der Waals surface area contributed by atoms with E-state index in [9.17, 15) is 9.18 Å². The fraction of sp³-hybridized carbons (Fsp3) is 0.333. The Morgan fingerprint density at radius 1 is 1.33 bits per heavy atom. The van der Waals surface area contributed by atoms with Gasteiger partial charge in [-0.25, -0.2) is 4.39 Å². The zero-order valence-electron chi connectivity index (χ0n) is 13.0. The Morgan fingerprint density at radius 3 is 2.96 bits per heavy atom. The van der Waals surface area contributed by atoms with E-state index in [0.717, 1.165) is 30.7 Å². The van der Waals surface area contributed by atoms with Crippen LogP contribution in [0, 0.1) is 10.6 Å². The van der Waals surface area contributed by atoms with E-state index in [0.29, 0.717) is 20.9 Å². The maximum atomic E-state index is 13.7. The quantitative estimate of drug-likeness (QED) is 0.451. The average molecular weight is 365 g/mol. The van der Waals surface area contributed by atoms with Crippen molar-refractivity contribution in [3.63, 3.8) is 0 Å². The first-order chi connectivity index (χ1) is 11.6. The van der Waals surface area contributed by atoms with Gasteiger partial charge < -0.3 is 9.97 Å². The topological polar surface area (TPSA) is 86.5 Å². The highest BCUT2D eigenvalue weighted by Crippen LogP contribution is 2.22. The summed E-state index contributed by atoms with van der Waals surface area (Å²) in [6.45, 7) is 2.14. The fourth-order valence-corrected chi connectivity index (χ4v) is 3.37. The summed E-state index contributed by atoms with van der Waals surface area (Å²) < 4.78 is 14.0. The van der Waals surface area contributed by atoms with Crippen LogP contribution in [0.5, 0.6) is 0 Å². The Kier molecular flexibility index (Phi) is 5.00. The predicted octanol–water partition coefficient (Wildman–Crippen LogP) is 4.20. The van der Waals surface area contributed by atoms with Crippen molar-refractivity contribution < 1.29 is 9.18 Å². The van der Waals surface area contributed by atoms with E-state index < -0.39 is 11.7 Å². The summed E-state index contributed by atoms with van der Waals surface area (Å²) in [5, 5.41) is 12.0. The molecule has 9 heteroatoms. The highest BCUT2D eigenvalue weighted by molar-refractivity contribution is 7.71. The molecule has 3 aromatic rings. The lowest BCUT2D eigenvalue weighted by Crippen LogP contribution is -2.12. The summed E-state index contributed by atoms with van der Waals surface area (Å²) in [6, 6.07) is 2.45. The van der Waals surface area contributed by atoms with Crippen LogP contribution >= 0.6 is 23.6 Å². The normalized spacial score (nSPS) is 11.1. The number of H-pyrrole nitrogens is 2. The first kappa shape index (κ1) is 16.7. The van der Waals surface area contributed by atoms with E-state index in [1.165, 1.54) is 23.5 Å². The molecule has 2 heterocycles. The van der Waals surface area contributed by atoms with Crippen molar-refractivity contribution >= 4 is 45.6 Å². The second-order valence-electron chi connectivity index (χ2n) is 5.37. The van der Waals surface area contributed by atoms with Gasteiger partial charge in [-0.2, -0.15) is 0 Å². The minimum atomic E-state index is -0.518. The molecule has 2 aromatic heterocycles. The van der Waals surface area contributed by atoms with Crippen molar-refractivity contribution in [3.05, 3.63) is 33.3 Å². The molecule has 0 atom stereocenters. The molecule has 0 saturated carbocycles. The molecule has 1 aromatic carbocycles. The molecule has 1 amide bonds. The molecular weight excluding hydrogens is 349 g/mol. The van der Waals surface area contributed by atoms with Gasteiger partial charge in [0, 0.05) is 6.42 Å². The number of carbonyl (C=O) groups excluding carboxylic acids is 1. The molecule has 0 saturated heterocycles. The second kappa shape index (κ2) is 7.18. The number of aryl methyl sites for hydroxylation is 1. The summed E-state index contributed by atoms with van der Waals surface area (Å²) in [5.74, 6) is -0.976. The number of aromatic nitrogens is 4. The summed E-state index contributed by atoms with van der Waals surface area (Å²) in [4.78, 5) is 18.1. The number of benzene rings is 1. The maximum Gasteiger partial charge on any atom is 0.259 e. The number of anilines is 1. The lowest BCUT2D eigenvalue weighted by atomic mass is 10.1. The van der Waals surface area contributed by atoms with Crippen LogP contribution in [0.25, 0.3) is 11.0 Å². The summed E-state index contributed by atoms with van der Waals surface area (Å²) in [6.07, 6.45) is 4.16. The standard InChI is InChI=1S/C15H16FN5OS2/c1-2-3-4-5-11-20-21-15(24-11)19-13(22)9-6-8(16)7-10-12(9)18-14(23)17-10/h6-7H,2-5H2,1H3,(H2,17,18,23)(H,19,21,22). The first-order valence-electron chi connectivity index (χ1n) is 7.62. The molecule has 0 unspecified atom stereocenters. The number of hydrogen-bond donors (Lipinski definition) is 3. The molecule has 24 heavy (non-hydrogen) atoms. The zero-order valence-corrected chi connectivity index (χ0v) is 14.6. The molecule has 0 radical (unpaired) electrons. The number of amides is 1. The highest BCUT2D eigenvalue weighted by atomic mass is 32.1. The number of aromatic amines is 2. The Bertz CT molecular complexity index is 929. The largest absolute Gasteiger partial charge is 0.331 e. The van der Waals surface area contributed by atoms with Crippen molar-refractivity contribution in [2.24, 2.45) is 0 Å². The van der Waals surface area contributed by atoms with Gasteiger partial charge in [0.05, 0.1) is 16.6 Å².